The summed E-state index contributed by atoms with van der Waals surface area (Å²) < 4.78 is 0. The number of hydrogen-bond acceptors (Lipinski definition) is 4. The van der Waals surface area contributed by atoms with Gasteiger partial charge in [0.05, 0.1) is 5.71 Å². The Kier molecular flexibility index (Phi) is 3.41. The lowest BCUT2D eigenvalue weighted by Gasteiger charge is -2.32. The molecule has 2 N–H and O–H groups in total. The Labute approximate surface area is 99.3 Å². The molecule has 1 aromatic heterocycles. The van der Waals surface area contributed by atoms with Gasteiger partial charge in [-0.1, -0.05) is 12.1 Å². The van der Waals surface area contributed by atoms with Crippen LogP contribution in [0, 0.1) is 5.92 Å². The highest BCUT2D eigenvalue weighted by Gasteiger charge is 2.28. The molecule has 0 saturated carbocycles. The van der Waals surface area contributed by atoms with E-state index in [9.17, 15) is 4.79 Å². The topological polar surface area (TPSA) is 81.6 Å². The molecule has 92 valence electrons. The second-order valence-corrected chi connectivity index (χ2v) is 4.17. The van der Waals surface area contributed by atoms with Gasteiger partial charge in [0, 0.05) is 31.6 Å². The summed E-state index contributed by atoms with van der Waals surface area (Å²) in [5.74, 6) is 0.110. The zero-order chi connectivity index (χ0) is 12.3. The zero-order valence-corrected chi connectivity index (χ0v) is 9.76. The Morgan fingerprint density at radius 1 is 1.76 bits per heavy atom. The number of nitrogens with zero attached hydrogens (tertiary/aromatic N) is 3. The predicted molar refractivity (Wildman–Crippen MR) is 62.1 cm³/mol. The lowest BCUT2D eigenvalue weighted by atomic mass is 9.93. The molecule has 1 aliphatic rings. The van der Waals surface area contributed by atoms with E-state index in [1.165, 1.54) is 0 Å². The monoisotopic (exact) mass is 236 g/mol. The largest absolute Gasteiger partial charge is 0.411 e. The number of oxime groups is 1. The molecular formula is C11H16N4O2. The van der Waals surface area contributed by atoms with Gasteiger partial charge in [-0.15, -0.1) is 0 Å². The van der Waals surface area contributed by atoms with Crippen molar-refractivity contribution in [1.82, 2.24) is 15.1 Å². The van der Waals surface area contributed by atoms with Crippen molar-refractivity contribution < 1.29 is 10.0 Å². The third-order valence-corrected chi connectivity index (χ3v) is 3.19. The smallest absolute Gasteiger partial charge is 0.271 e. The molecule has 1 unspecified atom stereocenters. The third kappa shape index (κ3) is 2.30. The predicted octanol–water partition coefficient (Wildman–Crippen LogP) is 1.11. The van der Waals surface area contributed by atoms with E-state index in [1.807, 2.05) is 6.92 Å². The van der Waals surface area contributed by atoms with E-state index in [0.29, 0.717) is 25.2 Å². The molecule has 1 saturated heterocycles. The fourth-order valence-corrected chi connectivity index (χ4v) is 2.14. The van der Waals surface area contributed by atoms with Gasteiger partial charge in [0.2, 0.25) is 0 Å². The summed E-state index contributed by atoms with van der Waals surface area (Å²) in [5, 5.41) is 18.6. The summed E-state index contributed by atoms with van der Waals surface area (Å²) in [6.45, 7) is 3.22. The van der Waals surface area contributed by atoms with Crippen molar-refractivity contribution in [3.8, 4) is 0 Å². The first-order chi connectivity index (χ1) is 8.26. The Bertz CT molecular complexity index is 413. The van der Waals surface area contributed by atoms with E-state index in [-0.39, 0.29) is 11.8 Å². The summed E-state index contributed by atoms with van der Waals surface area (Å²) in [7, 11) is 0. The molecule has 6 heteroatoms. The van der Waals surface area contributed by atoms with Crippen LogP contribution in [0.5, 0.6) is 0 Å². The van der Waals surface area contributed by atoms with Crippen molar-refractivity contribution in [3.63, 3.8) is 0 Å². The van der Waals surface area contributed by atoms with E-state index >= 15 is 0 Å². The number of amides is 1. The number of rotatable bonds is 2. The highest BCUT2D eigenvalue weighted by atomic mass is 16.4. The van der Waals surface area contributed by atoms with Crippen molar-refractivity contribution in [2.75, 3.05) is 13.1 Å². The molecule has 0 radical (unpaired) electrons. The fraction of sp³-hybridized carbons (Fsp3) is 0.545. The van der Waals surface area contributed by atoms with Crippen molar-refractivity contribution in [2.45, 2.75) is 19.8 Å². The highest BCUT2D eigenvalue weighted by molar-refractivity contribution is 5.95. The first kappa shape index (κ1) is 11.6. The van der Waals surface area contributed by atoms with Gasteiger partial charge in [-0.05, 0) is 12.5 Å². The quantitative estimate of drug-likeness (QED) is 0.596. The maximum atomic E-state index is 12.1. The number of carbonyl (C=O) groups excluding carboxylic acids is 1. The minimum Gasteiger partial charge on any atom is -0.411 e. The van der Waals surface area contributed by atoms with E-state index < -0.39 is 0 Å². The number of aromatic amines is 1. The van der Waals surface area contributed by atoms with Crippen LogP contribution >= 0.6 is 0 Å². The summed E-state index contributed by atoms with van der Waals surface area (Å²) >= 11 is 0. The van der Waals surface area contributed by atoms with Crippen LogP contribution in [0.3, 0.4) is 0 Å². The second kappa shape index (κ2) is 4.99. The summed E-state index contributed by atoms with van der Waals surface area (Å²) in [5.41, 5.74) is 1.30. The lowest BCUT2D eigenvalue weighted by Crippen LogP contribution is -2.44. The van der Waals surface area contributed by atoms with E-state index in [4.69, 9.17) is 5.21 Å². The molecule has 1 aliphatic heterocycles. The second-order valence-electron chi connectivity index (χ2n) is 4.17. The molecular weight excluding hydrogens is 220 g/mol. The van der Waals surface area contributed by atoms with Gasteiger partial charge in [0.1, 0.15) is 5.69 Å². The number of carbonyl (C=O) groups is 1. The molecule has 0 spiro atoms. The van der Waals surface area contributed by atoms with Crippen LogP contribution in [0.4, 0.5) is 0 Å². The molecule has 1 atom stereocenters. The first-order valence-corrected chi connectivity index (χ1v) is 5.75. The van der Waals surface area contributed by atoms with Crippen LogP contribution in [0.25, 0.3) is 0 Å². The van der Waals surface area contributed by atoms with Gasteiger partial charge < -0.3 is 10.1 Å². The number of aromatic nitrogens is 2. The maximum Gasteiger partial charge on any atom is 0.271 e. The van der Waals surface area contributed by atoms with Gasteiger partial charge in [-0.3, -0.25) is 9.89 Å². The van der Waals surface area contributed by atoms with Crippen molar-refractivity contribution in [3.05, 3.63) is 18.0 Å². The minimum absolute atomic E-state index is 0.0436. The van der Waals surface area contributed by atoms with Gasteiger partial charge in [-0.2, -0.15) is 5.10 Å². The molecule has 6 nitrogen and oxygen atoms in total. The van der Waals surface area contributed by atoms with Crippen LogP contribution in [-0.2, 0) is 0 Å². The molecule has 0 aliphatic carbocycles. The van der Waals surface area contributed by atoms with E-state index in [1.54, 1.807) is 17.2 Å². The third-order valence-electron chi connectivity index (χ3n) is 3.19. The van der Waals surface area contributed by atoms with Crippen LogP contribution in [0.1, 0.15) is 30.3 Å². The molecule has 1 fully saturated rings. The molecule has 17 heavy (non-hydrogen) atoms. The number of piperidine rings is 1. The minimum atomic E-state index is -0.0436. The van der Waals surface area contributed by atoms with Gasteiger partial charge in [0.25, 0.3) is 5.91 Å². The average molecular weight is 236 g/mol. The molecule has 2 heterocycles. The summed E-state index contributed by atoms with van der Waals surface area (Å²) in [6.07, 6.45) is 3.07. The molecule has 0 aromatic carbocycles. The molecule has 1 amide bonds. The first-order valence-electron chi connectivity index (χ1n) is 5.75. The van der Waals surface area contributed by atoms with E-state index in [2.05, 4.69) is 15.4 Å². The van der Waals surface area contributed by atoms with Crippen molar-refractivity contribution >= 4 is 11.6 Å². The Morgan fingerprint density at radius 2 is 2.59 bits per heavy atom. The zero-order valence-electron chi connectivity index (χ0n) is 9.76. The fourth-order valence-electron chi connectivity index (χ4n) is 2.14. The SMILES string of the molecule is CCC1CN(C(=O)c2ccn[nH]2)CC/C1=N\O. The average Bonchev–Trinajstić information content (AvgIpc) is 2.90. The van der Waals surface area contributed by atoms with Crippen LogP contribution in [0.15, 0.2) is 17.4 Å². The summed E-state index contributed by atoms with van der Waals surface area (Å²) in [6, 6.07) is 1.67. The van der Waals surface area contributed by atoms with E-state index in [0.717, 1.165) is 12.1 Å². The number of likely N-dealkylation sites (tertiary alicyclic amines) is 1. The summed E-state index contributed by atoms with van der Waals surface area (Å²) in [4.78, 5) is 13.8. The van der Waals surface area contributed by atoms with Crippen LogP contribution in [0.2, 0.25) is 0 Å². The molecule has 0 bridgehead atoms. The standard InChI is InChI=1S/C11H16N4O2/c1-2-8-7-15(6-4-9(8)14-17)11(16)10-3-5-12-13-10/h3,5,8,17H,2,4,6-7H2,1H3,(H,12,13)/b14-9+. The Morgan fingerprint density at radius 3 is 3.18 bits per heavy atom. The molecule has 2 rings (SSSR count). The van der Waals surface area contributed by atoms with Crippen LogP contribution in [-0.4, -0.2) is 45.0 Å². The van der Waals surface area contributed by atoms with Gasteiger partial charge in [-0.25, -0.2) is 0 Å². The number of nitrogens with one attached hydrogen (secondary N) is 1. The van der Waals surface area contributed by atoms with Gasteiger partial charge in [0.15, 0.2) is 0 Å². The highest BCUT2D eigenvalue weighted by Crippen LogP contribution is 2.18. The molecule has 1 aromatic rings. The van der Waals surface area contributed by atoms with Crippen molar-refractivity contribution in [2.24, 2.45) is 11.1 Å². The van der Waals surface area contributed by atoms with Gasteiger partial charge >= 0.3 is 0 Å². The number of hydrogen-bond donors (Lipinski definition) is 2. The maximum absolute atomic E-state index is 12.1. The van der Waals surface area contributed by atoms with Crippen LogP contribution < -0.4 is 0 Å². The van der Waals surface area contributed by atoms with Crippen molar-refractivity contribution in [1.29, 1.82) is 0 Å². The lowest BCUT2D eigenvalue weighted by molar-refractivity contribution is 0.0723. The normalized spacial score (nSPS) is 23.0. The number of H-pyrrole nitrogens is 1. The Hall–Kier alpha value is -1.85. The Balaban J connectivity index is 2.07.